The Hall–Kier alpha value is -0.973. The standard InChI is InChI=1S/C9H15NO3Si/c1-14(2,3)13-10-8-5-4-7(11)6-9(8)12/h4-6H2,1-3H3/b10-8-. The van der Waals surface area contributed by atoms with Gasteiger partial charge in [0, 0.05) is 12.8 Å². The molecule has 1 aliphatic carbocycles. The molecule has 0 heterocycles. The lowest BCUT2D eigenvalue weighted by molar-refractivity contribution is -0.125. The summed E-state index contributed by atoms with van der Waals surface area (Å²) in [4.78, 5) is 22.2. The Morgan fingerprint density at radius 2 is 1.86 bits per heavy atom. The van der Waals surface area contributed by atoms with Crippen LogP contribution < -0.4 is 0 Å². The minimum atomic E-state index is -1.71. The smallest absolute Gasteiger partial charge is 0.278 e. The van der Waals surface area contributed by atoms with Crippen molar-refractivity contribution >= 4 is 25.6 Å². The van der Waals surface area contributed by atoms with E-state index in [4.69, 9.17) is 4.53 Å². The Morgan fingerprint density at radius 3 is 2.36 bits per heavy atom. The van der Waals surface area contributed by atoms with Crippen molar-refractivity contribution in [1.29, 1.82) is 0 Å². The van der Waals surface area contributed by atoms with E-state index in [2.05, 4.69) is 5.16 Å². The van der Waals surface area contributed by atoms with Gasteiger partial charge in [-0.1, -0.05) is 0 Å². The third kappa shape index (κ3) is 3.41. The lowest BCUT2D eigenvalue weighted by atomic mass is 9.96. The molecule has 1 fully saturated rings. The van der Waals surface area contributed by atoms with Crippen LogP contribution in [0.15, 0.2) is 5.16 Å². The third-order valence-corrected chi connectivity index (χ3v) is 2.39. The summed E-state index contributed by atoms with van der Waals surface area (Å²) >= 11 is 0. The molecule has 1 saturated carbocycles. The minimum absolute atomic E-state index is 0.00181. The highest BCUT2D eigenvalue weighted by atomic mass is 28.4. The highest BCUT2D eigenvalue weighted by molar-refractivity contribution is 6.69. The van der Waals surface area contributed by atoms with Crippen molar-refractivity contribution in [3.63, 3.8) is 0 Å². The average Bonchev–Trinajstić information content (AvgIpc) is 2.00. The second kappa shape index (κ2) is 4.04. The maximum Gasteiger partial charge on any atom is 0.278 e. The molecule has 0 radical (unpaired) electrons. The maximum absolute atomic E-state index is 11.3. The molecule has 14 heavy (non-hydrogen) atoms. The van der Waals surface area contributed by atoms with Gasteiger partial charge in [0.25, 0.3) is 8.32 Å². The van der Waals surface area contributed by atoms with Gasteiger partial charge in [0.15, 0.2) is 5.78 Å². The zero-order valence-corrected chi connectivity index (χ0v) is 9.79. The van der Waals surface area contributed by atoms with Gasteiger partial charge in [0.05, 0.1) is 6.42 Å². The highest BCUT2D eigenvalue weighted by Gasteiger charge is 2.24. The highest BCUT2D eigenvalue weighted by Crippen LogP contribution is 2.11. The summed E-state index contributed by atoms with van der Waals surface area (Å²) < 4.78 is 5.27. The molecular formula is C9H15NO3Si. The van der Waals surface area contributed by atoms with Crippen molar-refractivity contribution in [1.82, 2.24) is 0 Å². The summed E-state index contributed by atoms with van der Waals surface area (Å²) in [6, 6.07) is 0. The summed E-state index contributed by atoms with van der Waals surface area (Å²) in [7, 11) is -1.71. The summed E-state index contributed by atoms with van der Waals surface area (Å²) in [5.41, 5.74) is 0.423. The molecule has 0 aromatic rings. The van der Waals surface area contributed by atoms with Crippen LogP contribution in [-0.4, -0.2) is 25.6 Å². The number of carbonyl (C=O) groups excluding carboxylic acids is 2. The van der Waals surface area contributed by atoms with Crippen molar-refractivity contribution in [2.24, 2.45) is 5.16 Å². The molecule has 0 atom stereocenters. The molecule has 78 valence electrons. The van der Waals surface area contributed by atoms with E-state index in [0.717, 1.165) is 0 Å². The quantitative estimate of drug-likeness (QED) is 0.397. The molecule has 0 aliphatic heterocycles. The van der Waals surface area contributed by atoms with Crippen molar-refractivity contribution in [2.75, 3.05) is 0 Å². The number of nitrogens with zero attached hydrogens (tertiary/aromatic N) is 1. The third-order valence-electron chi connectivity index (χ3n) is 1.75. The van der Waals surface area contributed by atoms with Crippen LogP contribution >= 0.6 is 0 Å². The predicted molar refractivity (Wildman–Crippen MR) is 55.7 cm³/mol. The van der Waals surface area contributed by atoms with Gasteiger partial charge in [0.2, 0.25) is 0 Å². The molecule has 0 amide bonds. The van der Waals surface area contributed by atoms with Gasteiger partial charge < -0.3 is 4.53 Å². The normalized spacial score (nSPS) is 21.5. The molecule has 0 saturated heterocycles. The van der Waals surface area contributed by atoms with E-state index >= 15 is 0 Å². The number of ketones is 2. The second-order valence-corrected chi connectivity index (χ2v) is 8.79. The van der Waals surface area contributed by atoms with Gasteiger partial charge in [-0.25, -0.2) is 0 Å². The second-order valence-electron chi connectivity index (χ2n) is 4.38. The topological polar surface area (TPSA) is 55.7 Å². The first-order valence-corrected chi connectivity index (χ1v) is 8.09. The van der Waals surface area contributed by atoms with E-state index < -0.39 is 8.32 Å². The molecule has 0 aromatic heterocycles. The monoisotopic (exact) mass is 213 g/mol. The summed E-state index contributed by atoms with van der Waals surface area (Å²) in [5.74, 6) is -0.179. The van der Waals surface area contributed by atoms with E-state index in [1.165, 1.54) is 0 Å². The fraction of sp³-hybridized carbons (Fsp3) is 0.667. The number of hydrogen-bond donors (Lipinski definition) is 0. The molecule has 1 rings (SSSR count). The Kier molecular flexibility index (Phi) is 3.20. The number of rotatable bonds is 2. The zero-order valence-electron chi connectivity index (χ0n) is 8.79. The van der Waals surface area contributed by atoms with Gasteiger partial charge in [-0.15, -0.1) is 5.16 Å². The van der Waals surface area contributed by atoms with E-state index in [1.54, 1.807) is 0 Å². The van der Waals surface area contributed by atoms with Crippen molar-refractivity contribution in [3.8, 4) is 0 Å². The van der Waals surface area contributed by atoms with Crippen molar-refractivity contribution in [2.45, 2.75) is 38.9 Å². The summed E-state index contributed by atoms with van der Waals surface area (Å²) in [6.45, 7) is 5.99. The summed E-state index contributed by atoms with van der Waals surface area (Å²) in [5, 5.41) is 3.85. The number of Topliss-reactive ketones (excluding diaryl/α,β-unsaturated/α-hetero) is 2. The Labute approximate surface area is 84.4 Å². The largest absolute Gasteiger partial charge is 0.455 e. The first kappa shape index (κ1) is 11.1. The number of carbonyl (C=O) groups is 2. The Bertz CT molecular complexity index is 291. The van der Waals surface area contributed by atoms with Crippen molar-refractivity contribution < 1.29 is 14.1 Å². The van der Waals surface area contributed by atoms with Crippen LogP contribution in [0.3, 0.4) is 0 Å². The van der Waals surface area contributed by atoms with Crippen LogP contribution in [0.2, 0.25) is 19.6 Å². The summed E-state index contributed by atoms with van der Waals surface area (Å²) in [6.07, 6.45) is 0.843. The first-order chi connectivity index (χ1) is 6.38. The number of oxime groups is 1. The average molecular weight is 213 g/mol. The van der Waals surface area contributed by atoms with Crippen LogP contribution in [0.4, 0.5) is 0 Å². The SMILES string of the molecule is C[Si](C)(C)O/N=C1/CCC(=O)CC1=O. The molecule has 0 spiro atoms. The van der Waals surface area contributed by atoms with Crippen LogP contribution in [0, 0.1) is 0 Å². The molecule has 0 bridgehead atoms. The van der Waals surface area contributed by atoms with E-state index in [0.29, 0.717) is 18.6 Å². The van der Waals surface area contributed by atoms with E-state index in [9.17, 15) is 9.59 Å². The van der Waals surface area contributed by atoms with Gasteiger partial charge in [-0.3, -0.25) is 9.59 Å². The minimum Gasteiger partial charge on any atom is -0.455 e. The molecular weight excluding hydrogens is 198 g/mol. The van der Waals surface area contributed by atoms with Gasteiger partial charge in [-0.2, -0.15) is 0 Å². The first-order valence-electron chi connectivity index (χ1n) is 4.68. The predicted octanol–water partition coefficient (Wildman–Crippen LogP) is 1.52. The zero-order chi connectivity index (χ0) is 10.8. The van der Waals surface area contributed by atoms with Crippen molar-refractivity contribution in [3.05, 3.63) is 0 Å². The Morgan fingerprint density at radius 1 is 1.21 bits per heavy atom. The molecule has 1 aliphatic rings. The van der Waals surface area contributed by atoms with E-state index in [-0.39, 0.29) is 18.0 Å². The van der Waals surface area contributed by atoms with Gasteiger partial charge >= 0.3 is 0 Å². The molecule has 0 unspecified atom stereocenters. The molecule has 5 heteroatoms. The lowest BCUT2D eigenvalue weighted by Crippen LogP contribution is -2.28. The van der Waals surface area contributed by atoms with Gasteiger partial charge in [0.1, 0.15) is 11.5 Å². The fourth-order valence-corrected chi connectivity index (χ4v) is 1.44. The van der Waals surface area contributed by atoms with Crippen LogP contribution in [0.5, 0.6) is 0 Å². The van der Waals surface area contributed by atoms with Crippen LogP contribution in [-0.2, 0) is 14.1 Å². The van der Waals surface area contributed by atoms with Crippen LogP contribution in [0.25, 0.3) is 0 Å². The fourth-order valence-electron chi connectivity index (χ4n) is 1.06. The Balaban J connectivity index is 2.60. The maximum atomic E-state index is 11.3. The van der Waals surface area contributed by atoms with E-state index in [1.807, 2.05) is 19.6 Å². The van der Waals surface area contributed by atoms with Gasteiger partial charge in [-0.05, 0) is 19.6 Å². The van der Waals surface area contributed by atoms with Crippen LogP contribution in [0.1, 0.15) is 19.3 Å². The molecule has 4 nitrogen and oxygen atoms in total. The molecule has 0 aromatic carbocycles. The lowest BCUT2D eigenvalue weighted by Gasteiger charge is -2.16. The molecule has 0 N–H and O–H groups in total. The number of hydrogen-bond acceptors (Lipinski definition) is 4.